The molecule has 0 aliphatic carbocycles. The minimum absolute atomic E-state index is 0.0445. The van der Waals surface area contributed by atoms with Gasteiger partial charge in [0.15, 0.2) is 0 Å². The molecule has 0 bridgehead atoms. The van der Waals surface area contributed by atoms with Crippen molar-refractivity contribution in [1.82, 2.24) is 9.88 Å². The minimum Gasteiger partial charge on any atom is -0.493 e. The van der Waals surface area contributed by atoms with Crippen LogP contribution in [0.5, 0.6) is 5.75 Å². The van der Waals surface area contributed by atoms with Crippen LogP contribution in [0.1, 0.15) is 28.4 Å². The Hall–Kier alpha value is -4.46. The lowest BCUT2D eigenvalue weighted by atomic mass is 10.0. The summed E-state index contributed by atoms with van der Waals surface area (Å²) in [5, 5.41) is 11.0. The summed E-state index contributed by atoms with van der Waals surface area (Å²) in [6.45, 7) is 7.12. The molecule has 37 heavy (non-hydrogen) atoms. The smallest absolute Gasteiger partial charge is 0.307 e. The summed E-state index contributed by atoms with van der Waals surface area (Å²) < 4.78 is 6.10. The molecule has 3 aromatic rings. The number of aliphatic imine (C=N–C) groups is 1. The van der Waals surface area contributed by atoms with Crippen molar-refractivity contribution in [2.24, 2.45) is 4.99 Å². The molecular weight excluding hydrogens is 468 g/mol. The molecule has 1 aliphatic rings. The van der Waals surface area contributed by atoms with Crippen LogP contribution in [0.4, 0.5) is 5.82 Å². The predicted octanol–water partition coefficient (Wildman–Crippen LogP) is 4.49. The normalized spacial score (nSPS) is 14.8. The lowest BCUT2D eigenvalue weighted by molar-refractivity contribution is -0.136. The molecule has 8 nitrogen and oxygen atoms in total. The molecule has 0 fully saturated rings. The van der Waals surface area contributed by atoms with Crippen LogP contribution >= 0.6 is 0 Å². The van der Waals surface area contributed by atoms with E-state index in [0.717, 1.165) is 27.6 Å². The average Bonchev–Trinajstić information content (AvgIpc) is 2.99. The van der Waals surface area contributed by atoms with Crippen LogP contribution in [-0.2, 0) is 17.6 Å². The van der Waals surface area contributed by atoms with Crippen molar-refractivity contribution in [2.75, 3.05) is 31.6 Å². The number of anilines is 1. The van der Waals surface area contributed by atoms with E-state index < -0.39 is 5.97 Å². The Kier molecular flexibility index (Phi) is 7.98. The first-order valence-corrected chi connectivity index (χ1v) is 12.1. The summed E-state index contributed by atoms with van der Waals surface area (Å²) in [5.74, 6) is 0.368. The molecule has 4 rings (SSSR count). The largest absolute Gasteiger partial charge is 0.493 e. The Morgan fingerprint density at radius 2 is 2.03 bits per heavy atom. The molecule has 190 valence electrons. The number of amides is 1. The number of hydrogen-bond donors (Lipinski definition) is 1. The fourth-order valence-electron chi connectivity index (χ4n) is 4.44. The van der Waals surface area contributed by atoms with Crippen molar-refractivity contribution in [3.63, 3.8) is 0 Å². The second-order valence-electron chi connectivity index (χ2n) is 8.71. The van der Waals surface area contributed by atoms with Crippen molar-refractivity contribution in [1.29, 1.82) is 0 Å². The van der Waals surface area contributed by atoms with Crippen LogP contribution in [0.2, 0.25) is 0 Å². The molecule has 1 amide bonds. The monoisotopic (exact) mass is 498 g/mol. The number of carboxylic acid groups (broad SMARTS) is 1. The Morgan fingerprint density at radius 1 is 1.24 bits per heavy atom. The first kappa shape index (κ1) is 25.6. The highest BCUT2D eigenvalue weighted by Gasteiger charge is 2.28. The quantitative estimate of drug-likeness (QED) is 0.437. The van der Waals surface area contributed by atoms with E-state index >= 15 is 0 Å². The van der Waals surface area contributed by atoms with Gasteiger partial charge in [0.05, 0.1) is 25.1 Å². The summed E-state index contributed by atoms with van der Waals surface area (Å²) in [7, 11) is 1.77. The van der Waals surface area contributed by atoms with E-state index in [0.29, 0.717) is 43.2 Å². The molecule has 2 heterocycles. The number of pyridine rings is 1. The third-order valence-corrected chi connectivity index (χ3v) is 6.37. The fraction of sp³-hybridized carbons (Fsp3) is 0.241. The third kappa shape index (κ3) is 5.69. The van der Waals surface area contributed by atoms with Gasteiger partial charge in [0.25, 0.3) is 5.91 Å². The SMILES string of the molecule is C=N/C=C\C=C1/CN(CC)c2ncc(CCOc3cccc4c(CC(=O)O)cccc34)cc2C(=O)N1C. The third-order valence-electron chi connectivity index (χ3n) is 6.37. The summed E-state index contributed by atoms with van der Waals surface area (Å²) in [5.41, 5.74) is 3.04. The topological polar surface area (TPSA) is 95.3 Å². The maximum Gasteiger partial charge on any atom is 0.307 e. The fourth-order valence-corrected chi connectivity index (χ4v) is 4.44. The zero-order chi connectivity index (χ0) is 26.4. The number of benzene rings is 2. The number of aromatic nitrogens is 1. The van der Waals surface area contributed by atoms with Crippen molar-refractivity contribution >= 4 is 35.2 Å². The van der Waals surface area contributed by atoms with Crippen molar-refractivity contribution in [3.05, 3.63) is 89.4 Å². The second kappa shape index (κ2) is 11.5. The number of carboxylic acids is 1. The van der Waals surface area contributed by atoms with Crippen LogP contribution in [0.15, 0.2) is 77.7 Å². The minimum atomic E-state index is -0.871. The Labute approximate surface area is 216 Å². The summed E-state index contributed by atoms with van der Waals surface area (Å²) in [6.07, 6.45) is 7.52. The number of carbonyl (C=O) groups is 2. The van der Waals surface area contributed by atoms with Crippen molar-refractivity contribution in [3.8, 4) is 5.75 Å². The lowest BCUT2D eigenvalue weighted by Crippen LogP contribution is -2.29. The maximum absolute atomic E-state index is 13.3. The van der Waals surface area contributed by atoms with Gasteiger partial charge in [0.2, 0.25) is 0 Å². The standard InChI is InChI=1S/C29H30N4O4/c1-4-33-19-22(9-7-14-30-2)32(3)29(36)25-16-20(18-31-28(25)33)13-15-37-26-12-6-10-23-21(17-27(34)35)8-5-11-24(23)26/h5-12,14,16,18H,2,4,13,15,17,19H2,1,3H3,(H,34,35)/b14-7-,22-9+. The highest BCUT2D eigenvalue weighted by Crippen LogP contribution is 2.29. The van der Waals surface area contributed by atoms with Crippen molar-refractivity contribution < 1.29 is 19.4 Å². The summed E-state index contributed by atoms with van der Waals surface area (Å²) in [6, 6.07) is 13.1. The van der Waals surface area contributed by atoms with Crippen LogP contribution in [-0.4, -0.2) is 60.3 Å². The highest BCUT2D eigenvalue weighted by molar-refractivity contribution is 6.01. The Balaban J connectivity index is 1.53. The van der Waals surface area contributed by atoms with Gasteiger partial charge in [0.1, 0.15) is 11.6 Å². The number of likely N-dealkylation sites (N-methyl/N-ethyl adjacent to an activating group) is 2. The number of aliphatic carboxylic acids is 1. The Bertz CT molecular complexity index is 1400. The number of allylic oxidation sites excluding steroid dienone is 2. The number of rotatable bonds is 9. The van der Waals surface area contributed by atoms with Gasteiger partial charge in [-0.3, -0.25) is 14.6 Å². The molecule has 0 saturated carbocycles. The van der Waals surface area contributed by atoms with E-state index in [1.54, 1.807) is 30.4 Å². The van der Waals surface area contributed by atoms with E-state index in [2.05, 4.69) is 21.6 Å². The molecule has 0 radical (unpaired) electrons. The van der Waals surface area contributed by atoms with E-state index in [-0.39, 0.29) is 12.3 Å². The zero-order valence-electron chi connectivity index (χ0n) is 21.1. The summed E-state index contributed by atoms with van der Waals surface area (Å²) in [4.78, 5) is 36.7. The average molecular weight is 499 g/mol. The number of nitrogens with zero attached hydrogens (tertiary/aromatic N) is 4. The molecule has 0 spiro atoms. The number of fused-ring (bicyclic) bond motifs is 2. The van der Waals surface area contributed by atoms with Crippen molar-refractivity contribution in [2.45, 2.75) is 19.8 Å². The Morgan fingerprint density at radius 3 is 2.78 bits per heavy atom. The molecule has 1 aliphatic heterocycles. The number of ether oxygens (including phenoxy) is 1. The van der Waals surface area contributed by atoms with Gasteiger partial charge in [0, 0.05) is 43.5 Å². The number of carbonyl (C=O) groups excluding carboxylic acids is 1. The van der Waals surface area contributed by atoms with E-state index in [4.69, 9.17) is 4.74 Å². The van der Waals surface area contributed by atoms with Crippen LogP contribution in [0, 0.1) is 0 Å². The second-order valence-corrected chi connectivity index (χ2v) is 8.71. The van der Waals surface area contributed by atoms with Gasteiger partial charge in [-0.1, -0.05) is 30.3 Å². The van der Waals surface area contributed by atoms with E-state index in [9.17, 15) is 14.7 Å². The predicted molar refractivity (Wildman–Crippen MR) is 145 cm³/mol. The molecule has 2 aromatic carbocycles. The molecule has 1 N–H and O–H groups in total. The zero-order valence-corrected chi connectivity index (χ0v) is 21.1. The van der Waals surface area contributed by atoms with E-state index in [1.165, 1.54) is 0 Å². The summed E-state index contributed by atoms with van der Waals surface area (Å²) >= 11 is 0. The van der Waals surface area contributed by atoms with Gasteiger partial charge in [-0.25, -0.2) is 4.98 Å². The molecule has 0 atom stereocenters. The first-order chi connectivity index (χ1) is 17.9. The molecule has 8 heteroatoms. The molecular formula is C29H30N4O4. The molecule has 0 saturated heterocycles. The van der Waals surface area contributed by atoms with Crippen LogP contribution in [0.25, 0.3) is 10.8 Å². The number of hydrogen-bond acceptors (Lipinski definition) is 6. The molecule has 1 aromatic heterocycles. The van der Waals surface area contributed by atoms with Crippen LogP contribution < -0.4 is 9.64 Å². The van der Waals surface area contributed by atoms with E-state index in [1.807, 2.05) is 55.5 Å². The first-order valence-electron chi connectivity index (χ1n) is 12.1. The van der Waals surface area contributed by atoms with Gasteiger partial charge < -0.3 is 19.6 Å². The maximum atomic E-state index is 13.3. The lowest BCUT2D eigenvalue weighted by Gasteiger charge is -2.23. The van der Waals surface area contributed by atoms with Gasteiger partial charge >= 0.3 is 5.97 Å². The highest BCUT2D eigenvalue weighted by atomic mass is 16.5. The van der Waals surface area contributed by atoms with Gasteiger partial charge in [-0.2, -0.15) is 0 Å². The van der Waals surface area contributed by atoms with Crippen LogP contribution in [0.3, 0.4) is 0 Å². The van der Waals surface area contributed by atoms with Gasteiger partial charge in [-0.05, 0) is 54.4 Å². The molecule has 0 unspecified atom stereocenters. The van der Waals surface area contributed by atoms with Gasteiger partial charge in [-0.15, -0.1) is 0 Å².